The molecule has 0 bridgehead atoms. The highest BCUT2D eigenvalue weighted by Gasteiger charge is 2.20. The van der Waals surface area contributed by atoms with Gasteiger partial charge in [0.2, 0.25) is 0 Å². The van der Waals surface area contributed by atoms with Gasteiger partial charge in [0.05, 0.1) is 0 Å². The van der Waals surface area contributed by atoms with Gasteiger partial charge in [-0.15, -0.1) is 0 Å². The lowest BCUT2D eigenvalue weighted by Crippen LogP contribution is -2.11. The smallest absolute Gasteiger partial charge is 0.256 e. The summed E-state index contributed by atoms with van der Waals surface area (Å²) in [5, 5.41) is 2.65. The Morgan fingerprint density at radius 2 is 1.75 bits per heavy atom. The maximum atomic E-state index is 11.1. The first-order valence-electron chi connectivity index (χ1n) is 3.39. The van der Waals surface area contributed by atoms with Gasteiger partial charge in [0, 0.05) is 16.8 Å². The van der Waals surface area contributed by atoms with Gasteiger partial charge in [-0.3, -0.25) is 4.79 Å². The number of amides is 1. The van der Waals surface area contributed by atoms with E-state index in [9.17, 15) is 4.79 Å². The summed E-state index contributed by atoms with van der Waals surface area (Å²) in [4.78, 5) is 11.1. The Hall–Kier alpha value is -1.22. The van der Waals surface area contributed by atoms with Crippen LogP contribution in [0.5, 0.6) is 0 Å². The van der Waals surface area contributed by atoms with Crippen LogP contribution >= 0.6 is 13.5 Å². The summed E-state index contributed by atoms with van der Waals surface area (Å²) >= 11 is 0. The summed E-state index contributed by atoms with van der Waals surface area (Å²) < 4.78 is 0. The van der Waals surface area contributed by atoms with Gasteiger partial charge in [-0.2, -0.15) is 13.5 Å². The number of hydrogen-bond acceptors (Lipinski definition) is 1. The SMILES string of the molecule is C=C1NC(=O)c2ccccc21.S. The van der Waals surface area contributed by atoms with Crippen molar-refractivity contribution in [3.8, 4) is 0 Å². The van der Waals surface area contributed by atoms with Crippen molar-refractivity contribution < 1.29 is 4.79 Å². The van der Waals surface area contributed by atoms with E-state index in [2.05, 4.69) is 11.9 Å². The number of benzene rings is 1. The fourth-order valence-electron chi connectivity index (χ4n) is 1.22. The van der Waals surface area contributed by atoms with Crippen molar-refractivity contribution in [2.45, 2.75) is 0 Å². The van der Waals surface area contributed by atoms with Crippen molar-refractivity contribution in [3.05, 3.63) is 42.0 Å². The van der Waals surface area contributed by atoms with Crippen LogP contribution in [0, 0.1) is 0 Å². The van der Waals surface area contributed by atoms with E-state index in [0.29, 0.717) is 5.70 Å². The van der Waals surface area contributed by atoms with Crippen molar-refractivity contribution >= 4 is 25.1 Å². The second-order valence-corrected chi connectivity index (χ2v) is 2.48. The number of fused-ring (bicyclic) bond motifs is 1. The minimum atomic E-state index is -0.0504. The number of rotatable bonds is 0. The summed E-state index contributed by atoms with van der Waals surface area (Å²) in [7, 11) is 0. The minimum Gasteiger partial charge on any atom is -0.322 e. The normalized spacial score (nSPS) is 13.3. The first-order chi connectivity index (χ1) is 5.29. The fourth-order valence-corrected chi connectivity index (χ4v) is 1.22. The molecule has 0 atom stereocenters. The third kappa shape index (κ3) is 1.12. The molecule has 12 heavy (non-hydrogen) atoms. The van der Waals surface area contributed by atoms with Crippen LogP contribution in [-0.2, 0) is 0 Å². The summed E-state index contributed by atoms with van der Waals surface area (Å²) in [6.07, 6.45) is 0. The minimum absolute atomic E-state index is 0. The summed E-state index contributed by atoms with van der Waals surface area (Å²) in [5.74, 6) is -0.0504. The lowest BCUT2D eigenvalue weighted by Gasteiger charge is -1.92. The molecule has 1 heterocycles. The van der Waals surface area contributed by atoms with E-state index in [-0.39, 0.29) is 19.4 Å². The van der Waals surface area contributed by atoms with Gasteiger partial charge >= 0.3 is 0 Å². The third-order valence-corrected chi connectivity index (χ3v) is 1.76. The average molecular weight is 179 g/mol. The van der Waals surface area contributed by atoms with E-state index in [4.69, 9.17) is 0 Å². The van der Waals surface area contributed by atoms with Crippen LogP contribution in [0.15, 0.2) is 30.8 Å². The highest BCUT2D eigenvalue weighted by atomic mass is 32.1. The largest absolute Gasteiger partial charge is 0.322 e. The van der Waals surface area contributed by atoms with E-state index in [0.717, 1.165) is 11.1 Å². The average Bonchev–Trinajstić information content (AvgIpc) is 2.30. The predicted octanol–water partition coefficient (Wildman–Crippen LogP) is 1.51. The van der Waals surface area contributed by atoms with Crippen molar-refractivity contribution in [2.75, 3.05) is 0 Å². The molecule has 0 aliphatic carbocycles. The lowest BCUT2D eigenvalue weighted by atomic mass is 10.1. The van der Waals surface area contributed by atoms with Gasteiger partial charge in [-0.05, 0) is 6.07 Å². The molecule has 0 spiro atoms. The van der Waals surface area contributed by atoms with Crippen molar-refractivity contribution in [2.24, 2.45) is 0 Å². The Bertz CT molecular complexity index is 313. The summed E-state index contributed by atoms with van der Waals surface area (Å²) in [6, 6.07) is 7.42. The Labute approximate surface area is 77.7 Å². The molecule has 62 valence electrons. The zero-order chi connectivity index (χ0) is 7.84. The summed E-state index contributed by atoms with van der Waals surface area (Å²) in [6.45, 7) is 3.71. The molecule has 3 heteroatoms. The van der Waals surface area contributed by atoms with E-state index in [1.165, 1.54) is 0 Å². The molecule has 1 aliphatic rings. The molecule has 1 aromatic rings. The number of nitrogens with one attached hydrogen (secondary N) is 1. The highest BCUT2D eigenvalue weighted by molar-refractivity contribution is 7.59. The maximum Gasteiger partial charge on any atom is 0.256 e. The zero-order valence-electron chi connectivity index (χ0n) is 6.42. The molecule has 2 nitrogen and oxygen atoms in total. The van der Waals surface area contributed by atoms with E-state index < -0.39 is 0 Å². The van der Waals surface area contributed by atoms with Crippen molar-refractivity contribution in [1.82, 2.24) is 5.32 Å². The standard InChI is InChI=1S/C9H7NO.H2S/c1-6-7-4-2-3-5-8(7)9(11)10-6;/h2-5H,1H2,(H,10,11);1H2. The highest BCUT2D eigenvalue weighted by Crippen LogP contribution is 2.21. The van der Waals surface area contributed by atoms with Gasteiger partial charge in [0.25, 0.3) is 5.91 Å². The quantitative estimate of drug-likeness (QED) is 0.642. The lowest BCUT2D eigenvalue weighted by molar-refractivity contribution is 0.0981. The summed E-state index contributed by atoms with van der Waals surface area (Å²) in [5.41, 5.74) is 2.33. The van der Waals surface area contributed by atoms with Gasteiger partial charge in [0.15, 0.2) is 0 Å². The molecule has 0 aromatic heterocycles. The molecule has 2 rings (SSSR count). The van der Waals surface area contributed by atoms with Gasteiger partial charge in [-0.1, -0.05) is 24.8 Å². The second kappa shape index (κ2) is 3.03. The molecule has 1 N–H and O–H groups in total. The van der Waals surface area contributed by atoms with Crippen LogP contribution in [0.25, 0.3) is 5.70 Å². The van der Waals surface area contributed by atoms with Crippen LogP contribution in [0.2, 0.25) is 0 Å². The fraction of sp³-hybridized carbons (Fsp3) is 0. The molecule has 1 aromatic carbocycles. The van der Waals surface area contributed by atoms with E-state index in [1.54, 1.807) is 6.07 Å². The molecule has 0 radical (unpaired) electrons. The van der Waals surface area contributed by atoms with E-state index in [1.807, 2.05) is 18.2 Å². The molecular weight excluding hydrogens is 170 g/mol. The first kappa shape index (κ1) is 8.87. The third-order valence-electron chi connectivity index (χ3n) is 1.76. The molecule has 0 saturated carbocycles. The Kier molecular flexibility index (Phi) is 2.24. The van der Waals surface area contributed by atoms with Gasteiger partial charge < -0.3 is 5.32 Å². The van der Waals surface area contributed by atoms with Gasteiger partial charge in [-0.25, -0.2) is 0 Å². The first-order valence-corrected chi connectivity index (χ1v) is 3.39. The zero-order valence-corrected chi connectivity index (χ0v) is 7.42. The molecule has 0 unspecified atom stereocenters. The Morgan fingerprint density at radius 1 is 1.17 bits per heavy atom. The van der Waals surface area contributed by atoms with Crippen molar-refractivity contribution in [3.63, 3.8) is 0 Å². The monoisotopic (exact) mass is 179 g/mol. The molecule has 0 fully saturated rings. The number of hydrogen-bond donors (Lipinski definition) is 1. The molecular formula is C9H9NOS. The van der Waals surface area contributed by atoms with Crippen LogP contribution < -0.4 is 5.32 Å². The topological polar surface area (TPSA) is 29.1 Å². The maximum absolute atomic E-state index is 11.1. The Balaban J connectivity index is 0.000000720. The second-order valence-electron chi connectivity index (χ2n) is 2.48. The van der Waals surface area contributed by atoms with Crippen LogP contribution in [-0.4, -0.2) is 5.91 Å². The van der Waals surface area contributed by atoms with Crippen LogP contribution in [0.3, 0.4) is 0 Å². The predicted molar refractivity (Wildman–Crippen MR) is 53.3 cm³/mol. The van der Waals surface area contributed by atoms with E-state index >= 15 is 0 Å². The molecule has 0 saturated heterocycles. The number of carbonyl (C=O) groups is 1. The molecule has 1 aliphatic heterocycles. The molecule has 1 amide bonds. The Morgan fingerprint density at radius 3 is 2.33 bits per heavy atom. The van der Waals surface area contributed by atoms with Crippen molar-refractivity contribution in [1.29, 1.82) is 0 Å². The van der Waals surface area contributed by atoms with Crippen LogP contribution in [0.1, 0.15) is 15.9 Å². The number of carbonyl (C=O) groups excluding carboxylic acids is 1. The van der Waals surface area contributed by atoms with Crippen LogP contribution in [0.4, 0.5) is 0 Å². The van der Waals surface area contributed by atoms with Gasteiger partial charge in [0.1, 0.15) is 0 Å².